The number of hydrogen-bond donors (Lipinski definition) is 5. The number of likely N-dealkylation sites (N-methyl/N-ethyl adjacent to an activating group) is 1. The number of aliphatic hydroxyl groups excluding tert-OH is 2. The highest BCUT2D eigenvalue weighted by Gasteiger charge is 2.64. The number of hydrogen-bond acceptors (Lipinski definition) is 9. The van der Waals surface area contributed by atoms with Crippen molar-refractivity contribution >= 4 is 23.2 Å². The predicted molar refractivity (Wildman–Crippen MR) is 160 cm³/mol. The summed E-state index contributed by atoms with van der Waals surface area (Å²) in [6.07, 6.45) is -5.71. The van der Waals surface area contributed by atoms with E-state index < -0.39 is 98.7 Å². The monoisotopic (exact) mass is 643 g/mol. The maximum Gasteiger partial charge on any atom is 0.417 e. The van der Waals surface area contributed by atoms with E-state index in [0.29, 0.717) is 6.54 Å². The van der Waals surface area contributed by atoms with Crippen molar-refractivity contribution in [3.8, 4) is 5.75 Å². The van der Waals surface area contributed by atoms with Crippen molar-refractivity contribution in [3.63, 3.8) is 0 Å². The van der Waals surface area contributed by atoms with Crippen molar-refractivity contribution in [1.82, 2.24) is 9.80 Å². The topological polar surface area (TPSA) is 165 Å². The van der Waals surface area contributed by atoms with Gasteiger partial charge < -0.3 is 26.2 Å². The van der Waals surface area contributed by atoms with E-state index in [4.69, 9.17) is 5.73 Å². The Kier molecular flexibility index (Phi) is 8.33. The van der Waals surface area contributed by atoms with Gasteiger partial charge in [0.2, 0.25) is 5.78 Å². The van der Waals surface area contributed by atoms with Gasteiger partial charge in [0, 0.05) is 24.1 Å². The van der Waals surface area contributed by atoms with Crippen molar-refractivity contribution in [3.05, 3.63) is 81.1 Å². The van der Waals surface area contributed by atoms with Crippen molar-refractivity contribution < 1.29 is 48.0 Å². The Morgan fingerprint density at radius 2 is 1.76 bits per heavy atom. The predicted octanol–water partition coefficient (Wildman–Crippen LogP) is 3.57. The first-order chi connectivity index (χ1) is 21.5. The normalized spacial score (nSPS) is 25.5. The third-order valence-electron chi connectivity index (χ3n) is 9.70. The molecule has 0 heterocycles. The van der Waals surface area contributed by atoms with E-state index in [-0.39, 0.29) is 24.6 Å². The molecule has 3 aliphatic carbocycles. The Bertz CT molecular complexity index is 1690. The number of phenolic OH excluding ortho intramolecular Hbond substituents is 1. The Balaban J connectivity index is 1.68. The maximum absolute atomic E-state index is 15.0. The molecule has 3 aliphatic rings. The largest absolute Gasteiger partial charge is 0.508 e. The van der Waals surface area contributed by atoms with Gasteiger partial charge in [-0.2, -0.15) is 13.2 Å². The number of aromatic hydroxyl groups is 1. The summed E-state index contributed by atoms with van der Waals surface area (Å²) in [7, 11) is 2.88. The molecule has 5 rings (SSSR count). The molecule has 1 fully saturated rings. The van der Waals surface area contributed by atoms with Gasteiger partial charge >= 0.3 is 6.18 Å². The van der Waals surface area contributed by atoms with Crippen molar-refractivity contribution in [2.24, 2.45) is 17.6 Å². The summed E-state index contributed by atoms with van der Waals surface area (Å²) in [5.74, 6) is -9.11. The highest BCUT2D eigenvalue weighted by Crippen LogP contribution is 2.54. The van der Waals surface area contributed by atoms with E-state index in [9.17, 15) is 48.0 Å². The van der Waals surface area contributed by atoms with Crippen LogP contribution in [0.5, 0.6) is 5.75 Å². The number of primary amides is 1. The smallest absolute Gasteiger partial charge is 0.417 e. The zero-order valence-electron chi connectivity index (χ0n) is 25.7. The number of Topliss-reactive ketones (excluding diaryl/α,β-unsaturated/α-hetero) is 2. The Hall–Kier alpha value is -4.20. The Morgan fingerprint density at radius 1 is 1.13 bits per heavy atom. The van der Waals surface area contributed by atoms with Crippen molar-refractivity contribution in [2.45, 2.75) is 57.1 Å². The van der Waals surface area contributed by atoms with Crippen LogP contribution in [0.2, 0.25) is 0 Å². The number of nitrogens with two attached hydrogens (primary N) is 1. The van der Waals surface area contributed by atoms with Crippen LogP contribution < -0.4 is 5.73 Å². The molecular weight excluding hydrogens is 607 g/mol. The summed E-state index contributed by atoms with van der Waals surface area (Å²) in [6.45, 7) is 3.85. The summed E-state index contributed by atoms with van der Waals surface area (Å²) in [5.41, 5.74) is -0.480. The van der Waals surface area contributed by atoms with Crippen LogP contribution in [0.3, 0.4) is 0 Å². The fourth-order valence-electron chi connectivity index (χ4n) is 7.55. The van der Waals surface area contributed by atoms with Crippen LogP contribution >= 0.6 is 0 Å². The number of carbonyl (C=O) groups excluding carboxylic acids is 3. The minimum atomic E-state index is -4.93. The Morgan fingerprint density at radius 3 is 2.30 bits per heavy atom. The minimum Gasteiger partial charge on any atom is -0.508 e. The highest BCUT2D eigenvalue weighted by atomic mass is 19.4. The molecule has 6 N–H and O–H groups in total. The lowest BCUT2D eigenvalue weighted by atomic mass is 9.57. The summed E-state index contributed by atoms with van der Waals surface area (Å²) >= 11 is 0. The van der Waals surface area contributed by atoms with Crippen LogP contribution in [-0.2, 0) is 33.5 Å². The molecule has 0 bridgehead atoms. The third-order valence-corrected chi connectivity index (χ3v) is 9.70. The zero-order valence-corrected chi connectivity index (χ0v) is 25.7. The quantitative estimate of drug-likeness (QED) is 0.284. The van der Waals surface area contributed by atoms with Gasteiger partial charge in [-0.1, -0.05) is 37.3 Å². The van der Waals surface area contributed by atoms with Gasteiger partial charge in [0.05, 0.1) is 17.2 Å². The molecule has 1 amide bonds. The maximum atomic E-state index is 15.0. The number of amides is 1. The van der Waals surface area contributed by atoms with Gasteiger partial charge in [0.15, 0.2) is 11.4 Å². The molecule has 2 aromatic carbocycles. The van der Waals surface area contributed by atoms with Crippen molar-refractivity contribution in [1.29, 1.82) is 0 Å². The number of alkyl halides is 3. The van der Waals surface area contributed by atoms with Crippen LogP contribution in [0.15, 0.2) is 53.3 Å². The minimum absolute atomic E-state index is 0.197. The van der Waals surface area contributed by atoms with Crippen LogP contribution in [0.4, 0.5) is 13.2 Å². The first-order valence-electron chi connectivity index (χ1n) is 14.8. The lowest BCUT2D eigenvalue weighted by Crippen LogP contribution is -2.65. The summed E-state index contributed by atoms with van der Waals surface area (Å²) in [4.78, 5) is 42.5. The molecule has 0 radical (unpaired) electrons. The lowest BCUT2D eigenvalue weighted by Gasteiger charge is -2.50. The number of rotatable bonds is 7. The van der Waals surface area contributed by atoms with Gasteiger partial charge in [-0.3, -0.25) is 24.2 Å². The third kappa shape index (κ3) is 4.97. The van der Waals surface area contributed by atoms with Gasteiger partial charge in [-0.25, -0.2) is 0 Å². The van der Waals surface area contributed by atoms with Crippen molar-refractivity contribution in [2.75, 3.05) is 20.6 Å². The second kappa shape index (κ2) is 11.6. The fourth-order valence-corrected chi connectivity index (χ4v) is 7.55. The van der Waals surface area contributed by atoms with E-state index in [0.717, 1.165) is 11.6 Å². The van der Waals surface area contributed by atoms with E-state index in [1.807, 2.05) is 37.3 Å². The van der Waals surface area contributed by atoms with Gasteiger partial charge in [-0.15, -0.1) is 0 Å². The number of ketones is 2. The van der Waals surface area contributed by atoms with E-state index in [1.54, 1.807) is 11.8 Å². The standard InChI is InChI=1S/C33H36F3N3O7/c1-5-39(15(2)16-9-7-6-8-10-16)14-18-13-21(40)23-19(25(18)33(34,35)36)11-17-12-20-26(38(3)4)28(42)24(31(37)45)30(44)32(20,46)29(43)22(17)27(23)41/h6-10,13,15,17,20,26,40-41,44,46H,5,11-12,14H2,1-4H3,(H2,37,45)/t15?,17-,20-,26-,32-/m0/s1. The number of carbonyl (C=O) groups is 3. The van der Waals surface area contributed by atoms with Crippen LogP contribution in [0, 0.1) is 11.8 Å². The van der Waals surface area contributed by atoms with Gasteiger partial charge in [0.1, 0.15) is 22.8 Å². The first kappa shape index (κ1) is 33.2. The molecule has 13 heteroatoms. The van der Waals surface area contributed by atoms with Crippen LogP contribution in [0.25, 0.3) is 5.76 Å². The number of benzene rings is 2. The average Bonchev–Trinajstić information content (AvgIpc) is 2.96. The van der Waals surface area contributed by atoms with E-state index >= 15 is 0 Å². The molecule has 0 aliphatic heterocycles. The van der Waals surface area contributed by atoms with E-state index in [2.05, 4.69) is 0 Å². The highest BCUT2D eigenvalue weighted by molar-refractivity contribution is 6.24. The molecule has 1 saturated carbocycles. The van der Waals surface area contributed by atoms with Crippen LogP contribution in [-0.4, -0.2) is 80.0 Å². The Labute approximate surface area is 263 Å². The average molecular weight is 644 g/mol. The summed E-state index contributed by atoms with van der Waals surface area (Å²) < 4.78 is 44.9. The number of nitrogens with zero attached hydrogens (tertiary/aromatic N) is 2. The second-order valence-electron chi connectivity index (χ2n) is 12.4. The molecule has 1 unspecified atom stereocenters. The van der Waals surface area contributed by atoms with Gasteiger partial charge in [-0.05, 0) is 69.1 Å². The van der Waals surface area contributed by atoms with Gasteiger partial charge in [0.25, 0.3) is 5.91 Å². The molecule has 2 aromatic rings. The van der Waals surface area contributed by atoms with Crippen LogP contribution in [0.1, 0.15) is 54.1 Å². The molecule has 10 nitrogen and oxygen atoms in total. The number of fused-ring (bicyclic) bond motifs is 3. The molecule has 46 heavy (non-hydrogen) atoms. The summed E-state index contributed by atoms with van der Waals surface area (Å²) in [6, 6.07) is 8.52. The summed E-state index contributed by atoms with van der Waals surface area (Å²) in [5, 5.41) is 45.2. The molecule has 246 valence electrons. The number of aliphatic hydroxyl groups is 3. The zero-order chi connectivity index (χ0) is 34.0. The molecular formula is C33H36F3N3O7. The van der Waals surface area contributed by atoms with E-state index in [1.165, 1.54) is 19.0 Å². The fraction of sp³-hybridized carbons (Fsp3) is 0.424. The molecule has 5 atom stereocenters. The SMILES string of the molecule is CCN(Cc1cc(O)c2c(c1C(F)(F)F)C[C@H]1C[C@H]3[C@H](N(C)C)C(=O)C(C(N)=O)=C(O)[C@@]3(O)C(=O)C1=C2O)C(C)c1ccccc1. The second-order valence-corrected chi connectivity index (χ2v) is 12.4. The number of phenols is 1. The molecule has 0 saturated heterocycles. The lowest BCUT2D eigenvalue weighted by molar-refractivity contribution is -0.153. The molecule has 0 spiro atoms. The first-order valence-corrected chi connectivity index (χ1v) is 14.8. The molecule has 0 aromatic heterocycles. The number of halogens is 3.